The SMILES string of the molecule is Cc1cc(C(=O)Cn2cc([N+](=O)[O-])c(=O)[nH]c2=O)c(C)s1. The fraction of sp³-hybridized carbons (Fsp3) is 0.250. The molecule has 0 saturated heterocycles. The lowest BCUT2D eigenvalue weighted by atomic mass is 10.1. The van der Waals surface area contributed by atoms with E-state index >= 15 is 0 Å². The molecule has 9 heteroatoms. The second-order valence-corrected chi connectivity index (χ2v) is 5.87. The van der Waals surface area contributed by atoms with E-state index in [9.17, 15) is 24.5 Å². The topological polar surface area (TPSA) is 115 Å². The van der Waals surface area contributed by atoms with Crippen LogP contribution in [0.2, 0.25) is 0 Å². The van der Waals surface area contributed by atoms with Crippen LogP contribution in [0.25, 0.3) is 0 Å². The van der Waals surface area contributed by atoms with Crippen LogP contribution in [0.4, 0.5) is 5.69 Å². The average molecular weight is 309 g/mol. The fourth-order valence-electron chi connectivity index (χ4n) is 1.89. The Bertz CT molecular complexity index is 845. The Labute approximate surface area is 121 Å². The van der Waals surface area contributed by atoms with Gasteiger partial charge in [0.05, 0.1) is 17.7 Å². The summed E-state index contributed by atoms with van der Waals surface area (Å²) < 4.78 is 0.828. The Hall–Kier alpha value is -2.55. The van der Waals surface area contributed by atoms with E-state index in [1.54, 1.807) is 13.0 Å². The maximum atomic E-state index is 12.2. The standard InChI is InChI=1S/C12H11N3O5S/c1-6-3-8(7(2)21-6)10(16)5-14-4-9(15(19)20)11(17)13-12(14)18/h3-4H,5H2,1-2H3,(H,13,17,18). The second-order valence-electron chi connectivity index (χ2n) is 4.41. The zero-order chi connectivity index (χ0) is 15.7. The van der Waals surface area contributed by atoms with E-state index in [-0.39, 0.29) is 12.3 Å². The zero-order valence-electron chi connectivity index (χ0n) is 11.2. The highest BCUT2D eigenvalue weighted by molar-refractivity contribution is 7.12. The lowest BCUT2D eigenvalue weighted by molar-refractivity contribution is -0.386. The number of hydrogen-bond donors (Lipinski definition) is 1. The predicted octanol–water partition coefficient (Wildman–Crippen LogP) is 1.01. The van der Waals surface area contributed by atoms with Crippen molar-refractivity contribution < 1.29 is 9.72 Å². The van der Waals surface area contributed by atoms with Crippen molar-refractivity contribution in [1.82, 2.24) is 9.55 Å². The predicted molar refractivity (Wildman–Crippen MR) is 76.1 cm³/mol. The summed E-state index contributed by atoms with van der Waals surface area (Å²) in [6.45, 7) is 3.27. The molecular formula is C12H11N3O5S. The van der Waals surface area contributed by atoms with Gasteiger partial charge in [-0.1, -0.05) is 0 Å². The van der Waals surface area contributed by atoms with E-state index in [4.69, 9.17) is 0 Å². The van der Waals surface area contributed by atoms with Gasteiger partial charge in [0.25, 0.3) is 0 Å². The molecule has 0 spiro atoms. The van der Waals surface area contributed by atoms with Crippen LogP contribution in [0, 0.1) is 24.0 Å². The van der Waals surface area contributed by atoms with Crippen LogP contribution in [0.15, 0.2) is 21.9 Å². The van der Waals surface area contributed by atoms with Gasteiger partial charge in [0.15, 0.2) is 5.78 Å². The first kappa shape index (κ1) is 14.9. The molecule has 0 amide bonds. The van der Waals surface area contributed by atoms with E-state index in [1.165, 1.54) is 11.3 Å². The van der Waals surface area contributed by atoms with E-state index in [1.807, 2.05) is 11.9 Å². The number of nitrogens with one attached hydrogen (secondary N) is 1. The molecule has 0 atom stereocenters. The number of ketones is 1. The van der Waals surface area contributed by atoms with E-state index in [0.717, 1.165) is 20.5 Å². The Balaban J connectivity index is 2.40. The molecule has 2 aromatic heterocycles. The molecular weight excluding hydrogens is 298 g/mol. The quantitative estimate of drug-likeness (QED) is 0.514. The molecule has 0 unspecified atom stereocenters. The summed E-state index contributed by atoms with van der Waals surface area (Å²) in [5.41, 5.74) is -2.25. The van der Waals surface area contributed by atoms with Crippen molar-refractivity contribution >= 4 is 22.8 Å². The highest BCUT2D eigenvalue weighted by Crippen LogP contribution is 2.21. The molecule has 0 saturated carbocycles. The number of aromatic amines is 1. The van der Waals surface area contributed by atoms with Gasteiger partial charge in [0.2, 0.25) is 0 Å². The molecule has 0 fully saturated rings. The van der Waals surface area contributed by atoms with Crippen LogP contribution in [0.3, 0.4) is 0 Å². The van der Waals surface area contributed by atoms with Gasteiger partial charge in [-0.3, -0.25) is 29.3 Å². The fourth-order valence-corrected chi connectivity index (χ4v) is 2.84. The average Bonchev–Trinajstić information content (AvgIpc) is 2.71. The molecule has 2 aromatic rings. The Kier molecular flexibility index (Phi) is 3.85. The van der Waals surface area contributed by atoms with Crippen molar-refractivity contribution in [3.8, 4) is 0 Å². The molecule has 21 heavy (non-hydrogen) atoms. The number of H-pyrrole nitrogens is 1. The number of aromatic nitrogens is 2. The maximum absolute atomic E-state index is 12.2. The summed E-state index contributed by atoms with van der Waals surface area (Å²) >= 11 is 1.45. The molecule has 0 aliphatic rings. The summed E-state index contributed by atoms with van der Waals surface area (Å²) in [6, 6.07) is 1.70. The third-order valence-electron chi connectivity index (χ3n) is 2.84. The minimum atomic E-state index is -1.09. The number of hydrogen-bond acceptors (Lipinski definition) is 6. The van der Waals surface area contributed by atoms with E-state index in [0.29, 0.717) is 5.56 Å². The lowest BCUT2D eigenvalue weighted by Crippen LogP contribution is -2.32. The van der Waals surface area contributed by atoms with Crippen LogP contribution in [0.5, 0.6) is 0 Å². The Morgan fingerprint density at radius 2 is 2.10 bits per heavy atom. The first-order valence-corrected chi connectivity index (χ1v) is 6.69. The zero-order valence-corrected chi connectivity index (χ0v) is 12.0. The Morgan fingerprint density at radius 1 is 1.43 bits per heavy atom. The minimum Gasteiger partial charge on any atom is -0.292 e. The van der Waals surface area contributed by atoms with Gasteiger partial charge in [-0.2, -0.15) is 0 Å². The summed E-state index contributed by atoms with van der Waals surface area (Å²) in [5, 5.41) is 10.7. The van der Waals surface area contributed by atoms with Gasteiger partial charge in [-0.25, -0.2) is 4.79 Å². The molecule has 0 bridgehead atoms. The molecule has 0 radical (unpaired) electrons. The van der Waals surface area contributed by atoms with Gasteiger partial charge < -0.3 is 0 Å². The van der Waals surface area contributed by atoms with E-state index < -0.39 is 21.9 Å². The number of nitrogens with zero attached hydrogens (tertiary/aromatic N) is 2. The van der Waals surface area contributed by atoms with Crippen LogP contribution >= 0.6 is 11.3 Å². The first-order chi connectivity index (χ1) is 9.79. The van der Waals surface area contributed by atoms with Crippen LogP contribution in [-0.2, 0) is 6.54 Å². The number of Topliss-reactive ketones (excluding diaryl/α,β-unsaturated/α-hetero) is 1. The van der Waals surface area contributed by atoms with Crippen molar-refractivity contribution in [2.24, 2.45) is 0 Å². The largest absolute Gasteiger partial charge is 0.350 e. The minimum absolute atomic E-state index is 0.347. The molecule has 0 aliphatic carbocycles. The molecule has 0 aliphatic heterocycles. The van der Waals surface area contributed by atoms with Gasteiger partial charge in [0.1, 0.15) is 0 Å². The van der Waals surface area contributed by atoms with Crippen molar-refractivity contribution in [2.75, 3.05) is 0 Å². The highest BCUT2D eigenvalue weighted by atomic mass is 32.1. The summed E-state index contributed by atoms with van der Waals surface area (Å²) in [6.07, 6.45) is 0.785. The first-order valence-electron chi connectivity index (χ1n) is 5.88. The van der Waals surface area contributed by atoms with Crippen LogP contribution < -0.4 is 11.2 Å². The number of thiophene rings is 1. The Morgan fingerprint density at radius 3 is 2.62 bits per heavy atom. The number of nitro groups is 1. The monoisotopic (exact) mass is 309 g/mol. The lowest BCUT2D eigenvalue weighted by Gasteiger charge is -2.03. The van der Waals surface area contributed by atoms with Crippen molar-refractivity contribution in [2.45, 2.75) is 20.4 Å². The molecule has 1 N–H and O–H groups in total. The number of carbonyl (C=O) groups excluding carboxylic acids is 1. The summed E-state index contributed by atoms with van der Waals surface area (Å²) in [4.78, 5) is 48.4. The molecule has 2 heterocycles. The number of aryl methyl sites for hydroxylation is 2. The molecule has 8 nitrogen and oxygen atoms in total. The van der Waals surface area contributed by atoms with Gasteiger partial charge in [-0.15, -0.1) is 11.3 Å². The molecule has 0 aromatic carbocycles. The maximum Gasteiger partial charge on any atom is 0.350 e. The normalized spacial score (nSPS) is 10.6. The summed E-state index contributed by atoms with van der Waals surface area (Å²) in [7, 11) is 0. The molecule has 2 rings (SSSR count). The smallest absolute Gasteiger partial charge is 0.292 e. The summed E-state index contributed by atoms with van der Waals surface area (Å²) in [5.74, 6) is -0.347. The molecule has 110 valence electrons. The third kappa shape index (κ3) is 2.97. The van der Waals surface area contributed by atoms with Crippen LogP contribution in [0.1, 0.15) is 20.1 Å². The van der Waals surface area contributed by atoms with Crippen molar-refractivity contribution in [3.05, 3.63) is 58.5 Å². The third-order valence-corrected chi connectivity index (χ3v) is 3.81. The van der Waals surface area contributed by atoms with Gasteiger partial charge in [-0.05, 0) is 19.9 Å². The van der Waals surface area contributed by atoms with Crippen molar-refractivity contribution in [1.29, 1.82) is 0 Å². The second kappa shape index (κ2) is 5.44. The van der Waals surface area contributed by atoms with Crippen molar-refractivity contribution in [3.63, 3.8) is 0 Å². The highest BCUT2D eigenvalue weighted by Gasteiger charge is 2.18. The van der Waals surface area contributed by atoms with Crippen LogP contribution in [-0.4, -0.2) is 20.3 Å². The number of rotatable bonds is 4. The van der Waals surface area contributed by atoms with Gasteiger partial charge >= 0.3 is 16.9 Å². The van der Waals surface area contributed by atoms with E-state index in [2.05, 4.69) is 0 Å². The number of carbonyl (C=O) groups is 1. The van der Waals surface area contributed by atoms with Gasteiger partial charge in [0, 0.05) is 15.3 Å².